The van der Waals surface area contributed by atoms with Crippen molar-refractivity contribution in [1.82, 2.24) is 24.2 Å². The molecule has 2 N–H and O–H groups in total. The molecule has 1 amide bonds. The van der Waals surface area contributed by atoms with Crippen LogP contribution < -0.4 is 10.9 Å². The van der Waals surface area contributed by atoms with Crippen LogP contribution in [0.25, 0.3) is 11.1 Å². The highest BCUT2D eigenvalue weighted by Crippen LogP contribution is 2.42. The second-order valence-corrected chi connectivity index (χ2v) is 12.6. The van der Waals surface area contributed by atoms with Crippen LogP contribution in [0.4, 0.5) is 17.6 Å². The van der Waals surface area contributed by atoms with Gasteiger partial charge in [-0.05, 0) is 91.0 Å². The molecule has 44 heavy (non-hydrogen) atoms. The number of carbonyl (C=O) groups is 1. The number of alkyl halides is 3. The molecule has 0 spiro atoms. The fourth-order valence-electron chi connectivity index (χ4n) is 5.78. The maximum absolute atomic E-state index is 14.2. The molecule has 0 saturated heterocycles. The average Bonchev–Trinajstić information content (AvgIpc) is 3.89. The number of nitrogens with one attached hydrogen (secondary N) is 2. The lowest BCUT2D eigenvalue weighted by atomic mass is 9.97. The lowest BCUT2D eigenvalue weighted by Crippen LogP contribution is -2.30. The van der Waals surface area contributed by atoms with Crippen LogP contribution >= 0.6 is 0 Å². The summed E-state index contributed by atoms with van der Waals surface area (Å²) < 4.78 is 61.6. The summed E-state index contributed by atoms with van der Waals surface area (Å²) in [5.74, 6) is -0.483. The van der Waals surface area contributed by atoms with E-state index < -0.39 is 17.8 Å². The third kappa shape index (κ3) is 6.37. The first-order chi connectivity index (χ1) is 20.9. The van der Waals surface area contributed by atoms with Gasteiger partial charge in [0, 0.05) is 42.3 Å². The van der Waals surface area contributed by atoms with E-state index in [0.717, 1.165) is 31.2 Å². The van der Waals surface area contributed by atoms with E-state index in [2.05, 4.69) is 10.4 Å². The smallest absolute Gasteiger partial charge is 0.345 e. The van der Waals surface area contributed by atoms with Gasteiger partial charge in [0.15, 0.2) is 5.69 Å². The fourth-order valence-corrected chi connectivity index (χ4v) is 5.78. The third-order valence-corrected chi connectivity index (χ3v) is 8.29. The highest BCUT2D eigenvalue weighted by Gasteiger charge is 2.38. The van der Waals surface area contributed by atoms with Gasteiger partial charge in [0.2, 0.25) is 5.62 Å². The minimum absolute atomic E-state index is 0.0772. The molecule has 2 aliphatic carbocycles. The van der Waals surface area contributed by atoms with Gasteiger partial charge in [-0.1, -0.05) is 26.0 Å². The highest BCUT2D eigenvalue weighted by molar-refractivity contribution is 5.96. The van der Waals surface area contributed by atoms with Gasteiger partial charge < -0.3 is 14.5 Å². The van der Waals surface area contributed by atoms with Gasteiger partial charge in [-0.3, -0.25) is 14.9 Å². The Bertz CT molecular complexity index is 1760. The molecule has 7 nitrogen and oxygen atoms in total. The van der Waals surface area contributed by atoms with E-state index in [1.165, 1.54) is 23.0 Å². The molecule has 2 fully saturated rings. The molecule has 1 atom stereocenters. The maximum atomic E-state index is 14.2. The Labute approximate surface area is 253 Å². The molecule has 2 heterocycles. The normalized spacial score (nSPS) is 16.0. The van der Waals surface area contributed by atoms with Gasteiger partial charge in [0.05, 0.1) is 12.6 Å². The van der Waals surface area contributed by atoms with Crippen LogP contribution in [0.3, 0.4) is 0 Å². The molecule has 232 valence electrons. The molecule has 0 bridgehead atoms. The number of hydrogen-bond donors (Lipinski definition) is 2. The van der Waals surface area contributed by atoms with E-state index >= 15 is 0 Å². The summed E-state index contributed by atoms with van der Waals surface area (Å²) in [6.45, 7) is 5.99. The summed E-state index contributed by atoms with van der Waals surface area (Å²) in [5.41, 5.74) is 1.48. The lowest BCUT2D eigenvalue weighted by Gasteiger charge is -2.20. The number of benzene rings is 2. The number of hydrogen-bond acceptors (Lipinski definition) is 3. The summed E-state index contributed by atoms with van der Waals surface area (Å²) in [6.07, 6.45) is 4.18. The molecule has 2 aromatic carbocycles. The van der Waals surface area contributed by atoms with E-state index in [1.807, 2.05) is 24.6 Å². The predicted molar refractivity (Wildman–Crippen MR) is 157 cm³/mol. The van der Waals surface area contributed by atoms with Crippen LogP contribution in [0.5, 0.6) is 0 Å². The largest absolute Gasteiger partial charge is 0.435 e. The van der Waals surface area contributed by atoms with Gasteiger partial charge in [-0.2, -0.15) is 18.3 Å². The van der Waals surface area contributed by atoms with Crippen molar-refractivity contribution in [2.24, 2.45) is 11.8 Å². The van der Waals surface area contributed by atoms with E-state index in [-0.39, 0.29) is 46.9 Å². The van der Waals surface area contributed by atoms with Crippen molar-refractivity contribution in [2.45, 2.75) is 77.8 Å². The summed E-state index contributed by atoms with van der Waals surface area (Å²) in [6, 6.07) is 9.53. The standard InChI is InChI=1S/C33H36F4N6O/c1-19(2)16-42-18-27(30(40-42)33(35,36)37)24-13-21(17-41-10-11-43(32(41)38)26-7-8-26)14-25(15-24)31(44)39-29(22-4-5-22)23-6-9-28(34)20(3)12-23/h6,9-15,18-19,22,26,29,38H,4-5,7-8,16-17H2,1-3H3,(H,39,44)/t29-/m0/s1. The SMILES string of the molecule is Cc1cc([C@@H](NC(=O)c2cc(Cn3ccn(C4CC4)c3=N)cc(-c3cn(CC(C)C)nc3C(F)(F)F)c2)C2CC2)ccc1F. The average molecular weight is 609 g/mol. The second kappa shape index (κ2) is 11.4. The number of rotatable bonds is 10. The number of aryl methyl sites for hydroxylation is 1. The summed E-state index contributed by atoms with van der Waals surface area (Å²) in [4.78, 5) is 13.8. The van der Waals surface area contributed by atoms with Gasteiger partial charge in [-0.25, -0.2) is 4.39 Å². The molecule has 2 aromatic heterocycles. The molecule has 0 aliphatic heterocycles. The zero-order valence-electron chi connectivity index (χ0n) is 25.0. The minimum Gasteiger partial charge on any atom is -0.345 e. The first-order valence-corrected chi connectivity index (χ1v) is 15.0. The van der Waals surface area contributed by atoms with E-state index in [4.69, 9.17) is 5.41 Å². The van der Waals surface area contributed by atoms with Crippen molar-refractivity contribution < 1.29 is 22.4 Å². The number of imidazole rings is 1. The Morgan fingerprint density at radius 3 is 2.48 bits per heavy atom. The van der Waals surface area contributed by atoms with Crippen molar-refractivity contribution in [2.75, 3.05) is 0 Å². The molecule has 11 heteroatoms. The van der Waals surface area contributed by atoms with Crippen LogP contribution in [0, 0.1) is 30.0 Å². The molecule has 0 radical (unpaired) electrons. The number of amides is 1. The van der Waals surface area contributed by atoms with E-state index in [9.17, 15) is 22.4 Å². The monoisotopic (exact) mass is 608 g/mol. The Hall–Kier alpha value is -4.15. The van der Waals surface area contributed by atoms with E-state index in [0.29, 0.717) is 29.3 Å². The molecule has 4 aromatic rings. The minimum atomic E-state index is -4.70. The summed E-state index contributed by atoms with van der Waals surface area (Å²) >= 11 is 0. The summed E-state index contributed by atoms with van der Waals surface area (Å²) in [5, 5.41) is 15.6. The van der Waals surface area contributed by atoms with Gasteiger partial charge >= 0.3 is 6.18 Å². The van der Waals surface area contributed by atoms with Crippen LogP contribution in [0.1, 0.15) is 84.4 Å². The van der Waals surface area contributed by atoms with Gasteiger partial charge in [0.1, 0.15) is 5.82 Å². The van der Waals surface area contributed by atoms with E-state index in [1.54, 1.807) is 42.0 Å². The fraction of sp³-hybridized carbons (Fsp3) is 0.424. The van der Waals surface area contributed by atoms with Crippen LogP contribution in [-0.4, -0.2) is 24.8 Å². The number of carbonyl (C=O) groups excluding carboxylic acids is 1. The van der Waals surface area contributed by atoms with Crippen molar-refractivity contribution in [3.63, 3.8) is 0 Å². The van der Waals surface area contributed by atoms with Crippen molar-refractivity contribution in [3.05, 3.63) is 94.4 Å². The molecule has 2 aliphatic rings. The van der Waals surface area contributed by atoms with Crippen LogP contribution in [0.15, 0.2) is 55.0 Å². The Morgan fingerprint density at radius 2 is 1.84 bits per heavy atom. The zero-order valence-corrected chi connectivity index (χ0v) is 25.0. The highest BCUT2D eigenvalue weighted by atomic mass is 19.4. The first-order valence-electron chi connectivity index (χ1n) is 15.0. The van der Waals surface area contributed by atoms with Crippen molar-refractivity contribution in [1.29, 1.82) is 5.41 Å². The van der Waals surface area contributed by atoms with Crippen LogP contribution in [0.2, 0.25) is 0 Å². The van der Waals surface area contributed by atoms with Crippen molar-refractivity contribution >= 4 is 5.91 Å². The lowest BCUT2D eigenvalue weighted by molar-refractivity contribution is -0.141. The predicted octanol–water partition coefficient (Wildman–Crippen LogP) is 7.02. The molecule has 6 rings (SSSR count). The van der Waals surface area contributed by atoms with Crippen LogP contribution in [-0.2, 0) is 19.3 Å². The number of nitrogens with zero attached hydrogens (tertiary/aromatic N) is 4. The third-order valence-electron chi connectivity index (χ3n) is 8.29. The summed E-state index contributed by atoms with van der Waals surface area (Å²) in [7, 11) is 0. The zero-order chi connectivity index (χ0) is 31.3. The number of aromatic nitrogens is 4. The molecular formula is C33H36F4N6O. The topological polar surface area (TPSA) is 80.6 Å². The molecule has 2 saturated carbocycles. The Balaban J connectivity index is 1.40. The maximum Gasteiger partial charge on any atom is 0.435 e. The van der Waals surface area contributed by atoms with Gasteiger partial charge in [-0.15, -0.1) is 0 Å². The quantitative estimate of drug-likeness (QED) is 0.190. The molecular weight excluding hydrogens is 572 g/mol. The van der Waals surface area contributed by atoms with Crippen molar-refractivity contribution in [3.8, 4) is 11.1 Å². The second-order valence-electron chi connectivity index (χ2n) is 12.6. The first kappa shape index (κ1) is 29.9. The Morgan fingerprint density at radius 1 is 1.09 bits per heavy atom. The number of halogens is 4. The Kier molecular flexibility index (Phi) is 7.75. The van der Waals surface area contributed by atoms with Gasteiger partial charge in [0.25, 0.3) is 5.91 Å². The molecule has 0 unspecified atom stereocenters.